The highest BCUT2D eigenvalue weighted by Gasteiger charge is 2.17. The summed E-state index contributed by atoms with van der Waals surface area (Å²) in [7, 11) is 0. The van der Waals surface area contributed by atoms with Crippen molar-refractivity contribution < 1.29 is 9.53 Å². The number of hydrogen-bond acceptors (Lipinski definition) is 5. The fourth-order valence-electron chi connectivity index (χ4n) is 3.80. The summed E-state index contributed by atoms with van der Waals surface area (Å²) in [6.45, 7) is 16.0. The summed E-state index contributed by atoms with van der Waals surface area (Å²) in [4.78, 5) is 25.1. The standard InChI is InChI=1S/C24H35N5O2/c1-4-21-22(5-2)27-23(26-21)17-25-24(30)20-9-7-19(8-10-20)18-29-13-11-28(12-14-29)15-16-31-6-3/h4,7-10H,1,5-6,11-18H2,2-3H3,(H,25,30)(H,26,27). The summed E-state index contributed by atoms with van der Waals surface area (Å²) in [6, 6.07) is 7.90. The molecule has 1 amide bonds. The Bertz CT molecular complexity index is 838. The first-order valence-electron chi connectivity index (χ1n) is 11.2. The Balaban J connectivity index is 1.44. The number of amides is 1. The molecule has 0 saturated carbocycles. The molecule has 1 aromatic carbocycles. The van der Waals surface area contributed by atoms with Crippen molar-refractivity contribution in [2.24, 2.45) is 0 Å². The predicted molar refractivity (Wildman–Crippen MR) is 124 cm³/mol. The zero-order chi connectivity index (χ0) is 22.1. The number of piperazine rings is 1. The number of hydrogen-bond donors (Lipinski definition) is 2. The summed E-state index contributed by atoms with van der Waals surface area (Å²) >= 11 is 0. The number of nitrogens with one attached hydrogen (secondary N) is 2. The molecule has 1 saturated heterocycles. The summed E-state index contributed by atoms with van der Waals surface area (Å²) < 4.78 is 5.45. The molecular formula is C24H35N5O2. The molecule has 7 heteroatoms. The van der Waals surface area contributed by atoms with Gasteiger partial charge in [-0.25, -0.2) is 4.98 Å². The van der Waals surface area contributed by atoms with Gasteiger partial charge in [-0.2, -0.15) is 0 Å². The zero-order valence-electron chi connectivity index (χ0n) is 18.8. The van der Waals surface area contributed by atoms with Gasteiger partial charge in [-0.1, -0.05) is 25.6 Å². The van der Waals surface area contributed by atoms with Gasteiger partial charge in [0.2, 0.25) is 0 Å². The molecule has 1 aliphatic heterocycles. The number of aromatic nitrogens is 2. The SMILES string of the molecule is C=Cc1nc(CNC(=O)c2ccc(CN3CCN(CCOCC)CC3)cc2)[nH]c1CC. The minimum absolute atomic E-state index is 0.0935. The van der Waals surface area contributed by atoms with E-state index in [4.69, 9.17) is 4.74 Å². The van der Waals surface area contributed by atoms with Crippen LogP contribution in [0.3, 0.4) is 0 Å². The van der Waals surface area contributed by atoms with Crippen molar-refractivity contribution >= 4 is 12.0 Å². The van der Waals surface area contributed by atoms with E-state index < -0.39 is 0 Å². The fourth-order valence-corrected chi connectivity index (χ4v) is 3.80. The van der Waals surface area contributed by atoms with Crippen LogP contribution in [0.4, 0.5) is 0 Å². The normalized spacial score (nSPS) is 15.2. The Hall–Kier alpha value is -2.48. The van der Waals surface area contributed by atoms with Crippen molar-refractivity contribution in [3.8, 4) is 0 Å². The Labute approximate surface area is 185 Å². The maximum atomic E-state index is 12.5. The smallest absolute Gasteiger partial charge is 0.251 e. The Kier molecular flexibility index (Phi) is 8.82. The van der Waals surface area contributed by atoms with Crippen LogP contribution in [0.2, 0.25) is 0 Å². The van der Waals surface area contributed by atoms with Crippen molar-refractivity contribution in [1.82, 2.24) is 25.1 Å². The topological polar surface area (TPSA) is 73.5 Å². The number of H-pyrrole nitrogens is 1. The number of benzene rings is 1. The van der Waals surface area contributed by atoms with E-state index in [1.807, 2.05) is 31.2 Å². The van der Waals surface area contributed by atoms with Crippen molar-refractivity contribution in [3.63, 3.8) is 0 Å². The molecule has 2 N–H and O–H groups in total. The summed E-state index contributed by atoms with van der Waals surface area (Å²) in [6.07, 6.45) is 2.59. The molecule has 0 bridgehead atoms. The first kappa shape index (κ1) is 23.2. The first-order chi connectivity index (χ1) is 15.1. The quantitative estimate of drug-likeness (QED) is 0.542. The van der Waals surface area contributed by atoms with Crippen LogP contribution in [0.5, 0.6) is 0 Å². The number of nitrogens with zero attached hydrogens (tertiary/aromatic N) is 3. The van der Waals surface area contributed by atoms with E-state index in [-0.39, 0.29) is 5.91 Å². The van der Waals surface area contributed by atoms with Crippen molar-refractivity contribution in [2.75, 3.05) is 45.9 Å². The minimum Gasteiger partial charge on any atom is -0.380 e. The summed E-state index contributed by atoms with van der Waals surface area (Å²) in [5, 5.41) is 2.94. The van der Waals surface area contributed by atoms with Gasteiger partial charge in [0.1, 0.15) is 5.82 Å². The molecule has 1 aliphatic rings. The van der Waals surface area contributed by atoms with Crippen LogP contribution in [-0.2, 0) is 24.2 Å². The highest BCUT2D eigenvalue weighted by Crippen LogP contribution is 2.11. The van der Waals surface area contributed by atoms with E-state index in [0.29, 0.717) is 12.1 Å². The molecule has 0 unspecified atom stereocenters. The molecular weight excluding hydrogens is 390 g/mol. The van der Waals surface area contributed by atoms with Crippen LogP contribution in [0.15, 0.2) is 30.8 Å². The third-order valence-corrected chi connectivity index (χ3v) is 5.67. The summed E-state index contributed by atoms with van der Waals surface area (Å²) in [5.74, 6) is 0.654. The van der Waals surface area contributed by atoms with Crippen LogP contribution in [0.1, 0.15) is 47.0 Å². The second kappa shape index (κ2) is 11.8. The van der Waals surface area contributed by atoms with Crippen LogP contribution in [0, 0.1) is 0 Å². The number of aromatic amines is 1. The molecule has 0 spiro atoms. The predicted octanol–water partition coefficient (Wildman–Crippen LogP) is 2.70. The van der Waals surface area contributed by atoms with E-state index in [1.165, 1.54) is 5.56 Å². The molecule has 7 nitrogen and oxygen atoms in total. The molecule has 2 aromatic rings. The monoisotopic (exact) mass is 425 g/mol. The van der Waals surface area contributed by atoms with Crippen molar-refractivity contribution in [2.45, 2.75) is 33.4 Å². The van der Waals surface area contributed by atoms with Gasteiger partial charge < -0.3 is 15.0 Å². The highest BCUT2D eigenvalue weighted by atomic mass is 16.5. The minimum atomic E-state index is -0.0935. The number of imidazole rings is 1. The van der Waals surface area contributed by atoms with Crippen LogP contribution < -0.4 is 5.32 Å². The molecule has 31 heavy (non-hydrogen) atoms. The van der Waals surface area contributed by atoms with Crippen LogP contribution >= 0.6 is 0 Å². The summed E-state index contributed by atoms with van der Waals surface area (Å²) in [5.41, 5.74) is 3.79. The lowest BCUT2D eigenvalue weighted by Gasteiger charge is -2.34. The third kappa shape index (κ3) is 6.75. The first-order valence-corrected chi connectivity index (χ1v) is 11.2. The van der Waals surface area contributed by atoms with Crippen LogP contribution in [-0.4, -0.2) is 71.6 Å². The van der Waals surface area contributed by atoms with Crippen molar-refractivity contribution in [3.05, 3.63) is 59.2 Å². The largest absolute Gasteiger partial charge is 0.380 e. The number of aryl methyl sites for hydroxylation is 1. The van der Waals surface area contributed by atoms with Crippen molar-refractivity contribution in [1.29, 1.82) is 0 Å². The van der Waals surface area contributed by atoms with Gasteiger partial charge >= 0.3 is 0 Å². The lowest BCUT2D eigenvalue weighted by molar-refractivity contribution is 0.0786. The lowest BCUT2D eigenvalue weighted by atomic mass is 10.1. The maximum absolute atomic E-state index is 12.5. The molecule has 3 rings (SSSR count). The molecule has 168 valence electrons. The highest BCUT2D eigenvalue weighted by molar-refractivity contribution is 5.94. The maximum Gasteiger partial charge on any atom is 0.251 e. The molecule has 2 heterocycles. The average Bonchev–Trinajstić information content (AvgIpc) is 3.22. The van der Waals surface area contributed by atoms with E-state index in [2.05, 4.69) is 38.6 Å². The average molecular weight is 426 g/mol. The van der Waals surface area contributed by atoms with Gasteiger partial charge in [-0.05, 0) is 37.1 Å². The van der Waals surface area contributed by atoms with E-state index in [9.17, 15) is 4.79 Å². The second-order valence-corrected chi connectivity index (χ2v) is 7.80. The van der Waals surface area contributed by atoms with Gasteiger partial charge in [-0.3, -0.25) is 14.6 Å². The Morgan fingerprint density at radius 2 is 1.90 bits per heavy atom. The van der Waals surface area contributed by atoms with Gasteiger partial charge in [0.15, 0.2) is 0 Å². The van der Waals surface area contributed by atoms with Gasteiger partial charge in [0.25, 0.3) is 5.91 Å². The Morgan fingerprint density at radius 3 is 2.52 bits per heavy atom. The van der Waals surface area contributed by atoms with E-state index >= 15 is 0 Å². The molecule has 1 fully saturated rings. The molecule has 1 aromatic heterocycles. The van der Waals surface area contributed by atoms with Gasteiger partial charge in [-0.15, -0.1) is 0 Å². The third-order valence-electron chi connectivity index (χ3n) is 5.67. The van der Waals surface area contributed by atoms with Gasteiger partial charge in [0.05, 0.1) is 18.8 Å². The number of rotatable bonds is 11. The molecule has 0 aliphatic carbocycles. The molecule has 0 atom stereocenters. The molecule has 0 radical (unpaired) electrons. The van der Waals surface area contributed by atoms with Crippen LogP contribution in [0.25, 0.3) is 6.08 Å². The fraction of sp³-hybridized carbons (Fsp3) is 0.500. The number of carbonyl (C=O) groups excluding carboxylic acids is 1. The Morgan fingerprint density at radius 1 is 1.19 bits per heavy atom. The number of ether oxygens (including phenoxy) is 1. The van der Waals surface area contributed by atoms with Gasteiger partial charge in [0, 0.05) is 57.1 Å². The van der Waals surface area contributed by atoms with E-state index in [1.54, 1.807) is 6.08 Å². The zero-order valence-corrected chi connectivity index (χ0v) is 18.8. The van der Waals surface area contributed by atoms with E-state index in [0.717, 1.165) is 76.1 Å². The lowest BCUT2D eigenvalue weighted by Crippen LogP contribution is -2.46. The second-order valence-electron chi connectivity index (χ2n) is 7.80. The number of carbonyl (C=O) groups is 1.